The molecular formula is C16H22N6OS. The summed E-state index contributed by atoms with van der Waals surface area (Å²) in [6, 6.07) is 9.77. The fourth-order valence-electron chi connectivity index (χ4n) is 1.86. The van der Waals surface area contributed by atoms with E-state index in [1.807, 2.05) is 44.2 Å². The lowest BCUT2D eigenvalue weighted by Crippen LogP contribution is -2.33. The zero-order valence-corrected chi connectivity index (χ0v) is 14.6. The summed E-state index contributed by atoms with van der Waals surface area (Å²) in [6.07, 6.45) is 0.912. The van der Waals surface area contributed by atoms with Crippen molar-refractivity contribution >= 4 is 35.3 Å². The maximum Gasteiger partial charge on any atom is 0.232 e. The topological polar surface area (TPSA) is 106 Å². The smallest absolute Gasteiger partial charge is 0.232 e. The molecule has 2 rings (SSSR count). The zero-order chi connectivity index (χ0) is 17.4. The van der Waals surface area contributed by atoms with Crippen LogP contribution in [0.5, 0.6) is 0 Å². The van der Waals surface area contributed by atoms with Gasteiger partial charge in [-0.2, -0.15) is 15.0 Å². The Morgan fingerprint density at radius 1 is 1.25 bits per heavy atom. The van der Waals surface area contributed by atoms with Crippen LogP contribution < -0.4 is 16.4 Å². The summed E-state index contributed by atoms with van der Waals surface area (Å²) < 4.78 is 0. The number of benzene rings is 1. The van der Waals surface area contributed by atoms with Crippen molar-refractivity contribution in [3.05, 3.63) is 36.2 Å². The Labute approximate surface area is 145 Å². The van der Waals surface area contributed by atoms with E-state index >= 15 is 0 Å². The van der Waals surface area contributed by atoms with E-state index in [1.54, 1.807) is 0 Å². The summed E-state index contributed by atoms with van der Waals surface area (Å²) in [7, 11) is 0. The first kappa shape index (κ1) is 18.0. The van der Waals surface area contributed by atoms with Gasteiger partial charge in [-0.25, -0.2) is 0 Å². The second-order valence-electron chi connectivity index (χ2n) is 5.29. The quantitative estimate of drug-likeness (QED) is 0.673. The largest absolute Gasteiger partial charge is 0.368 e. The number of anilines is 3. The minimum absolute atomic E-state index is 0.0130. The first-order valence-electron chi connectivity index (χ1n) is 7.76. The highest BCUT2D eigenvalue weighted by Crippen LogP contribution is 2.15. The summed E-state index contributed by atoms with van der Waals surface area (Å²) in [5, 5.41) is 6.01. The van der Waals surface area contributed by atoms with Crippen LogP contribution in [0.25, 0.3) is 0 Å². The monoisotopic (exact) mass is 346 g/mol. The second-order valence-corrected chi connectivity index (χ2v) is 6.28. The fraction of sp³-hybridized carbons (Fsp3) is 0.375. The summed E-state index contributed by atoms with van der Waals surface area (Å²) in [5.41, 5.74) is 6.61. The zero-order valence-electron chi connectivity index (χ0n) is 13.8. The molecule has 0 spiro atoms. The Morgan fingerprint density at radius 3 is 2.71 bits per heavy atom. The van der Waals surface area contributed by atoms with Crippen LogP contribution in [0.15, 0.2) is 30.3 Å². The van der Waals surface area contributed by atoms with Crippen LogP contribution in [-0.4, -0.2) is 32.7 Å². The lowest BCUT2D eigenvalue weighted by molar-refractivity contribution is -0.119. The van der Waals surface area contributed by atoms with Crippen molar-refractivity contribution in [2.45, 2.75) is 32.1 Å². The number of nitrogens with zero attached hydrogens (tertiary/aromatic N) is 3. The van der Waals surface area contributed by atoms with E-state index in [4.69, 9.17) is 5.73 Å². The highest BCUT2D eigenvalue weighted by Gasteiger charge is 2.08. The normalized spacial score (nSPS) is 11.8. The minimum atomic E-state index is 0.0130. The number of thioether (sulfide) groups is 1. The molecule has 7 nitrogen and oxygen atoms in total. The van der Waals surface area contributed by atoms with Gasteiger partial charge in [0.05, 0.1) is 11.5 Å². The van der Waals surface area contributed by atoms with Crippen LogP contribution in [0, 0.1) is 0 Å². The van der Waals surface area contributed by atoms with Gasteiger partial charge in [0.2, 0.25) is 17.8 Å². The van der Waals surface area contributed by atoms with Crippen LogP contribution in [-0.2, 0) is 10.5 Å². The van der Waals surface area contributed by atoms with Crippen LogP contribution in [0.4, 0.5) is 17.6 Å². The third-order valence-corrected chi connectivity index (χ3v) is 4.14. The van der Waals surface area contributed by atoms with Crippen molar-refractivity contribution in [3.8, 4) is 0 Å². The molecule has 1 atom stereocenters. The number of carbonyl (C=O) groups is 1. The Kier molecular flexibility index (Phi) is 6.80. The Hall–Kier alpha value is -2.35. The number of nitrogens with two attached hydrogens (primary N) is 1. The number of para-hydroxylation sites is 1. The molecule has 0 bridgehead atoms. The van der Waals surface area contributed by atoms with E-state index in [0.717, 1.165) is 12.1 Å². The van der Waals surface area contributed by atoms with Gasteiger partial charge < -0.3 is 16.4 Å². The van der Waals surface area contributed by atoms with Crippen molar-refractivity contribution < 1.29 is 4.79 Å². The number of nitrogens with one attached hydrogen (secondary N) is 2. The Balaban J connectivity index is 1.90. The van der Waals surface area contributed by atoms with Crippen molar-refractivity contribution in [2.75, 3.05) is 16.8 Å². The van der Waals surface area contributed by atoms with E-state index in [0.29, 0.717) is 23.3 Å². The van der Waals surface area contributed by atoms with Gasteiger partial charge in [-0.15, -0.1) is 11.8 Å². The molecule has 0 saturated heterocycles. The van der Waals surface area contributed by atoms with E-state index < -0.39 is 0 Å². The molecule has 0 radical (unpaired) electrons. The number of hydrogen-bond donors (Lipinski definition) is 3. The molecule has 0 saturated carbocycles. The molecule has 0 aliphatic rings. The van der Waals surface area contributed by atoms with Crippen molar-refractivity contribution in [1.82, 2.24) is 20.3 Å². The average molecular weight is 346 g/mol. The van der Waals surface area contributed by atoms with Crippen LogP contribution >= 0.6 is 11.8 Å². The van der Waals surface area contributed by atoms with Crippen molar-refractivity contribution in [1.29, 1.82) is 0 Å². The van der Waals surface area contributed by atoms with E-state index in [1.165, 1.54) is 11.8 Å². The minimum Gasteiger partial charge on any atom is -0.368 e. The summed E-state index contributed by atoms with van der Waals surface area (Å²) in [6.45, 7) is 4.02. The molecule has 1 amide bonds. The van der Waals surface area contributed by atoms with Crippen LogP contribution in [0.2, 0.25) is 0 Å². The van der Waals surface area contributed by atoms with Gasteiger partial charge in [0, 0.05) is 11.7 Å². The molecule has 0 unspecified atom stereocenters. The van der Waals surface area contributed by atoms with Crippen molar-refractivity contribution in [2.24, 2.45) is 0 Å². The van der Waals surface area contributed by atoms with Gasteiger partial charge in [0.15, 0.2) is 0 Å². The third kappa shape index (κ3) is 6.04. The van der Waals surface area contributed by atoms with Crippen LogP contribution in [0.1, 0.15) is 26.1 Å². The fourth-order valence-corrected chi connectivity index (χ4v) is 2.55. The molecular weight excluding hydrogens is 324 g/mol. The lowest BCUT2D eigenvalue weighted by Gasteiger charge is -2.11. The van der Waals surface area contributed by atoms with Gasteiger partial charge in [-0.1, -0.05) is 25.1 Å². The highest BCUT2D eigenvalue weighted by atomic mass is 32.2. The molecule has 128 valence electrons. The number of nitrogen functional groups attached to an aromatic ring is 1. The predicted octanol–water partition coefficient (Wildman–Crippen LogP) is 2.35. The van der Waals surface area contributed by atoms with Crippen LogP contribution in [0.3, 0.4) is 0 Å². The number of aromatic nitrogens is 3. The number of hydrogen-bond acceptors (Lipinski definition) is 7. The lowest BCUT2D eigenvalue weighted by atomic mass is 10.3. The van der Waals surface area contributed by atoms with Gasteiger partial charge >= 0.3 is 0 Å². The summed E-state index contributed by atoms with van der Waals surface area (Å²) in [4.78, 5) is 24.3. The molecule has 8 heteroatoms. The maximum absolute atomic E-state index is 11.8. The van der Waals surface area contributed by atoms with Gasteiger partial charge in [0.1, 0.15) is 5.82 Å². The Morgan fingerprint density at radius 2 is 2.00 bits per heavy atom. The summed E-state index contributed by atoms with van der Waals surface area (Å²) in [5.74, 6) is 1.96. The molecule has 2 aromatic rings. The SMILES string of the molecule is CC[C@@H](C)NC(=O)CSCc1nc(N)nc(Nc2ccccc2)n1. The van der Waals surface area contributed by atoms with Gasteiger partial charge in [-0.05, 0) is 25.5 Å². The maximum atomic E-state index is 11.8. The molecule has 24 heavy (non-hydrogen) atoms. The molecule has 0 fully saturated rings. The standard InChI is InChI=1S/C16H22N6OS/c1-3-11(2)18-14(23)10-24-9-13-20-15(17)22-16(21-13)19-12-7-5-4-6-8-12/h4-8,11H,3,9-10H2,1-2H3,(H,18,23)(H3,17,19,20,21,22)/t11-/m1/s1. The number of rotatable bonds is 8. The van der Waals surface area contributed by atoms with Crippen molar-refractivity contribution in [3.63, 3.8) is 0 Å². The Bertz CT molecular complexity index is 667. The number of carbonyl (C=O) groups excluding carboxylic acids is 1. The van der Waals surface area contributed by atoms with E-state index in [2.05, 4.69) is 25.6 Å². The number of amides is 1. The molecule has 1 heterocycles. The van der Waals surface area contributed by atoms with Gasteiger partial charge in [-0.3, -0.25) is 4.79 Å². The second kappa shape index (κ2) is 9.07. The first-order valence-corrected chi connectivity index (χ1v) is 8.92. The molecule has 0 aliphatic carbocycles. The molecule has 0 aliphatic heterocycles. The highest BCUT2D eigenvalue weighted by molar-refractivity contribution is 7.99. The molecule has 1 aromatic carbocycles. The average Bonchev–Trinajstić information content (AvgIpc) is 2.55. The molecule has 1 aromatic heterocycles. The van der Waals surface area contributed by atoms with E-state index in [9.17, 15) is 4.79 Å². The first-order chi connectivity index (χ1) is 11.6. The van der Waals surface area contributed by atoms with Gasteiger partial charge in [0.25, 0.3) is 0 Å². The molecule has 4 N–H and O–H groups in total. The third-order valence-electron chi connectivity index (χ3n) is 3.21. The predicted molar refractivity (Wildman–Crippen MR) is 98.0 cm³/mol. The summed E-state index contributed by atoms with van der Waals surface area (Å²) >= 11 is 1.44. The van der Waals surface area contributed by atoms with E-state index in [-0.39, 0.29) is 17.9 Å².